The fraction of sp³-hybridized carbons (Fsp3) is 0.200. The Balaban J connectivity index is 2.26. The molecule has 1 aromatic heterocycles. The SMILES string of the molecule is CNCc1ccc(Br)cc1Sc1ncn[nH]1. The first kappa shape index (κ1) is 11.6. The van der Waals surface area contributed by atoms with Gasteiger partial charge in [0.1, 0.15) is 6.33 Å². The van der Waals surface area contributed by atoms with Crippen LogP contribution in [0.1, 0.15) is 5.56 Å². The highest BCUT2D eigenvalue weighted by Gasteiger charge is 2.06. The number of nitrogens with one attached hydrogen (secondary N) is 2. The fourth-order valence-electron chi connectivity index (χ4n) is 1.31. The van der Waals surface area contributed by atoms with E-state index >= 15 is 0 Å². The number of nitrogens with zero attached hydrogens (tertiary/aromatic N) is 2. The van der Waals surface area contributed by atoms with Gasteiger partial charge in [0, 0.05) is 15.9 Å². The molecule has 0 aliphatic heterocycles. The van der Waals surface area contributed by atoms with Crippen LogP contribution in [0.3, 0.4) is 0 Å². The highest BCUT2D eigenvalue weighted by Crippen LogP contribution is 2.30. The second-order valence-electron chi connectivity index (χ2n) is 3.18. The Bertz CT molecular complexity index is 458. The quantitative estimate of drug-likeness (QED) is 0.910. The molecular weight excluding hydrogens is 288 g/mol. The van der Waals surface area contributed by atoms with Gasteiger partial charge in [-0.25, -0.2) is 4.98 Å². The number of aromatic amines is 1. The fourth-order valence-corrected chi connectivity index (χ4v) is 2.68. The molecule has 0 aliphatic rings. The average molecular weight is 299 g/mol. The molecule has 0 radical (unpaired) electrons. The molecule has 6 heteroatoms. The van der Waals surface area contributed by atoms with Crippen LogP contribution in [0.25, 0.3) is 0 Å². The molecule has 0 aliphatic carbocycles. The van der Waals surface area contributed by atoms with Crippen LogP contribution >= 0.6 is 27.7 Å². The van der Waals surface area contributed by atoms with E-state index in [1.165, 1.54) is 16.8 Å². The Kier molecular flexibility index (Phi) is 3.98. The molecular formula is C10H11BrN4S. The maximum absolute atomic E-state index is 4.10. The van der Waals surface area contributed by atoms with Crippen molar-refractivity contribution >= 4 is 27.7 Å². The van der Waals surface area contributed by atoms with Crippen molar-refractivity contribution in [3.63, 3.8) is 0 Å². The van der Waals surface area contributed by atoms with E-state index in [9.17, 15) is 0 Å². The highest BCUT2D eigenvalue weighted by molar-refractivity contribution is 9.10. The summed E-state index contributed by atoms with van der Waals surface area (Å²) >= 11 is 5.05. The third-order valence-corrected chi connectivity index (χ3v) is 3.48. The average Bonchev–Trinajstić information content (AvgIpc) is 2.75. The molecule has 0 bridgehead atoms. The van der Waals surface area contributed by atoms with Gasteiger partial charge >= 0.3 is 0 Å². The summed E-state index contributed by atoms with van der Waals surface area (Å²) in [5.74, 6) is 0. The number of hydrogen-bond donors (Lipinski definition) is 2. The molecule has 0 saturated carbocycles. The summed E-state index contributed by atoms with van der Waals surface area (Å²) in [6.45, 7) is 0.837. The van der Waals surface area contributed by atoms with Gasteiger partial charge in [-0.1, -0.05) is 22.0 Å². The molecule has 1 heterocycles. The van der Waals surface area contributed by atoms with Crippen LogP contribution in [0, 0.1) is 0 Å². The molecule has 2 aromatic rings. The van der Waals surface area contributed by atoms with Gasteiger partial charge in [0.25, 0.3) is 0 Å². The minimum Gasteiger partial charge on any atom is -0.316 e. The van der Waals surface area contributed by atoms with Crippen LogP contribution in [-0.4, -0.2) is 22.2 Å². The van der Waals surface area contributed by atoms with Crippen molar-refractivity contribution in [3.05, 3.63) is 34.6 Å². The van der Waals surface area contributed by atoms with E-state index < -0.39 is 0 Å². The van der Waals surface area contributed by atoms with Crippen LogP contribution in [0.15, 0.2) is 39.1 Å². The normalized spacial score (nSPS) is 10.6. The zero-order chi connectivity index (χ0) is 11.4. The molecule has 2 N–H and O–H groups in total. The molecule has 0 spiro atoms. The standard InChI is InChI=1S/C10H11BrN4S/c1-12-5-7-2-3-8(11)4-9(7)16-10-13-6-14-15-10/h2-4,6,12H,5H2,1H3,(H,13,14,15). The number of aromatic nitrogens is 3. The van der Waals surface area contributed by atoms with E-state index in [1.54, 1.807) is 11.8 Å². The second kappa shape index (κ2) is 5.47. The van der Waals surface area contributed by atoms with Gasteiger partial charge in [-0.3, -0.25) is 5.10 Å². The van der Waals surface area contributed by atoms with Crippen molar-refractivity contribution < 1.29 is 0 Å². The summed E-state index contributed by atoms with van der Waals surface area (Å²) in [7, 11) is 1.94. The Morgan fingerprint density at radius 3 is 3.06 bits per heavy atom. The molecule has 4 nitrogen and oxygen atoms in total. The van der Waals surface area contributed by atoms with Crippen molar-refractivity contribution in [2.75, 3.05) is 7.05 Å². The molecule has 16 heavy (non-hydrogen) atoms. The van der Waals surface area contributed by atoms with Gasteiger partial charge in [-0.05, 0) is 36.5 Å². The Morgan fingerprint density at radius 2 is 2.38 bits per heavy atom. The third kappa shape index (κ3) is 2.84. The van der Waals surface area contributed by atoms with Crippen molar-refractivity contribution in [1.82, 2.24) is 20.5 Å². The zero-order valence-electron chi connectivity index (χ0n) is 8.70. The number of H-pyrrole nitrogens is 1. The van der Waals surface area contributed by atoms with Crippen molar-refractivity contribution in [2.45, 2.75) is 16.6 Å². The number of halogens is 1. The van der Waals surface area contributed by atoms with E-state index in [2.05, 4.69) is 48.6 Å². The summed E-state index contributed by atoms with van der Waals surface area (Å²) in [4.78, 5) is 5.27. The first-order valence-electron chi connectivity index (χ1n) is 4.76. The molecule has 0 atom stereocenters. The second-order valence-corrected chi connectivity index (χ2v) is 5.12. The Hall–Kier alpha value is -0.850. The Labute approximate surface area is 106 Å². The van der Waals surface area contributed by atoms with E-state index in [-0.39, 0.29) is 0 Å². The lowest BCUT2D eigenvalue weighted by Gasteiger charge is -2.07. The van der Waals surface area contributed by atoms with Crippen LogP contribution in [-0.2, 0) is 6.54 Å². The lowest BCUT2D eigenvalue weighted by atomic mass is 10.2. The highest BCUT2D eigenvalue weighted by atomic mass is 79.9. The van der Waals surface area contributed by atoms with Gasteiger partial charge < -0.3 is 5.32 Å². The van der Waals surface area contributed by atoms with Crippen LogP contribution < -0.4 is 5.32 Å². The maximum atomic E-state index is 4.10. The van der Waals surface area contributed by atoms with E-state index in [0.29, 0.717) is 0 Å². The molecule has 0 unspecified atom stereocenters. The lowest BCUT2D eigenvalue weighted by Crippen LogP contribution is -2.06. The number of benzene rings is 1. The van der Waals surface area contributed by atoms with Crippen LogP contribution in [0.2, 0.25) is 0 Å². The maximum Gasteiger partial charge on any atom is 0.188 e. The lowest BCUT2D eigenvalue weighted by molar-refractivity contribution is 0.802. The topological polar surface area (TPSA) is 53.6 Å². The predicted octanol–water partition coefficient (Wildman–Crippen LogP) is 2.44. The van der Waals surface area contributed by atoms with Crippen molar-refractivity contribution in [2.24, 2.45) is 0 Å². The van der Waals surface area contributed by atoms with Crippen LogP contribution in [0.4, 0.5) is 0 Å². The van der Waals surface area contributed by atoms with E-state index in [0.717, 1.165) is 16.2 Å². The predicted molar refractivity (Wildman–Crippen MR) is 67.4 cm³/mol. The molecule has 0 fully saturated rings. The number of hydrogen-bond acceptors (Lipinski definition) is 4. The summed E-state index contributed by atoms with van der Waals surface area (Å²) in [6, 6.07) is 6.22. The van der Waals surface area contributed by atoms with Gasteiger partial charge in [-0.2, -0.15) is 5.10 Å². The molecule has 0 saturated heterocycles. The summed E-state index contributed by atoms with van der Waals surface area (Å²) in [6.07, 6.45) is 1.51. The van der Waals surface area contributed by atoms with E-state index in [1.807, 2.05) is 13.1 Å². The smallest absolute Gasteiger partial charge is 0.188 e. The van der Waals surface area contributed by atoms with Gasteiger partial charge in [0.2, 0.25) is 0 Å². The van der Waals surface area contributed by atoms with Gasteiger partial charge in [0.05, 0.1) is 0 Å². The largest absolute Gasteiger partial charge is 0.316 e. The van der Waals surface area contributed by atoms with Gasteiger partial charge in [0.15, 0.2) is 5.16 Å². The molecule has 0 amide bonds. The third-order valence-electron chi connectivity index (χ3n) is 2.00. The summed E-state index contributed by atoms with van der Waals surface area (Å²) in [5, 5.41) is 10.6. The van der Waals surface area contributed by atoms with Gasteiger partial charge in [-0.15, -0.1) is 0 Å². The monoisotopic (exact) mass is 298 g/mol. The minimum absolute atomic E-state index is 0.801. The van der Waals surface area contributed by atoms with E-state index in [4.69, 9.17) is 0 Å². The first-order chi connectivity index (χ1) is 7.79. The Morgan fingerprint density at radius 1 is 1.50 bits per heavy atom. The minimum atomic E-state index is 0.801. The summed E-state index contributed by atoms with van der Waals surface area (Å²) < 4.78 is 1.06. The number of rotatable bonds is 4. The first-order valence-corrected chi connectivity index (χ1v) is 6.37. The zero-order valence-corrected chi connectivity index (χ0v) is 11.1. The summed E-state index contributed by atoms with van der Waals surface area (Å²) in [5.41, 5.74) is 1.24. The van der Waals surface area contributed by atoms with Crippen molar-refractivity contribution in [1.29, 1.82) is 0 Å². The van der Waals surface area contributed by atoms with Crippen LogP contribution in [0.5, 0.6) is 0 Å². The van der Waals surface area contributed by atoms with Crippen molar-refractivity contribution in [3.8, 4) is 0 Å². The molecule has 1 aromatic carbocycles. The molecule has 84 valence electrons. The molecule has 2 rings (SSSR count).